The lowest BCUT2D eigenvalue weighted by atomic mass is 9.87. The SMILES string of the molecule is COc1cc([C@@H](N)C2CCOCC2)cc(OC)c1O. The van der Waals surface area contributed by atoms with Gasteiger partial charge in [-0.05, 0) is 36.5 Å². The number of benzene rings is 1. The molecule has 1 atom stereocenters. The molecule has 0 amide bonds. The first kappa shape index (κ1) is 14.0. The van der Waals surface area contributed by atoms with Gasteiger partial charge in [-0.1, -0.05) is 0 Å². The molecule has 0 aliphatic carbocycles. The molecule has 106 valence electrons. The van der Waals surface area contributed by atoms with E-state index in [9.17, 15) is 5.11 Å². The summed E-state index contributed by atoms with van der Waals surface area (Å²) in [6, 6.07) is 3.45. The van der Waals surface area contributed by atoms with Crippen LogP contribution in [0.2, 0.25) is 0 Å². The van der Waals surface area contributed by atoms with E-state index in [2.05, 4.69) is 0 Å². The van der Waals surface area contributed by atoms with Crippen molar-refractivity contribution in [1.29, 1.82) is 0 Å². The number of methoxy groups -OCH3 is 2. The third-order valence-corrected chi connectivity index (χ3v) is 3.66. The van der Waals surface area contributed by atoms with E-state index in [1.807, 2.05) is 0 Å². The fourth-order valence-electron chi connectivity index (χ4n) is 2.45. The Morgan fingerprint density at radius 1 is 1.21 bits per heavy atom. The second-order valence-electron chi connectivity index (χ2n) is 4.75. The molecule has 0 saturated carbocycles. The number of phenolic OH excluding ortho intramolecular Hbond substituents is 1. The predicted molar refractivity (Wildman–Crippen MR) is 71.7 cm³/mol. The van der Waals surface area contributed by atoms with E-state index in [4.69, 9.17) is 19.9 Å². The fraction of sp³-hybridized carbons (Fsp3) is 0.571. The maximum atomic E-state index is 9.89. The van der Waals surface area contributed by atoms with Gasteiger partial charge in [-0.3, -0.25) is 0 Å². The Kier molecular flexibility index (Phi) is 4.50. The smallest absolute Gasteiger partial charge is 0.200 e. The Morgan fingerprint density at radius 2 is 1.74 bits per heavy atom. The quantitative estimate of drug-likeness (QED) is 0.870. The molecule has 0 radical (unpaired) electrons. The van der Waals surface area contributed by atoms with Crippen LogP contribution in [0, 0.1) is 5.92 Å². The van der Waals surface area contributed by atoms with Gasteiger partial charge in [-0.25, -0.2) is 0 Å². The summed E-state index contributed by atoms with van der Waals surface area (Å²) in [6.07, 6.45) is 1.90. The monoisotopic (exact) mass is 267 g/mol. The lowest BCUT2D eigenvalue weighted by Gasteiger charge is -2.28. The third kappa shape index (κ3) is 2.93. The van der Waals surface area contributed by atoms with Gasteiger partial charge in [0.2, 0.25) is 5.75 Å². The Hall–Kier alpha value is -1.46. The number of phenols is 1. The van der Waals surface area contributed by atoms with Gasteiger partial charge in [0.1, 0.15) is 0 Å². The molecule has 1 heterocycles. The van der Waals surface area contributed by atoms with Crippen molar-refractivity contribution in [3.8, 4) is 17.2 Å². The minimum absolute atomic E-state index is 0.00734. The minimum Gasteiger partial charge on any atom is -0.502 e. The molecule has 0 unspecified atom stereocenters. The Labute approximate surface area is 113 Å². The molecule has 1 aliphatic rings. The zero-order valence-electron chi connectivity index (χ0n) is 11.4. The topological polar surface area (TPSA) is 73.9 Å². The lowest BCUT2D eigenvalue weighted by molar-refractivity contribution is 0.0583. The van der Waals surface area contributed by atoms with E-state index in [1.54, 1.807) is 12.1 Å². The highest BCUT2D eigenvalue weighted by Gasteiger charge is 2.24. The number of rotatable bonds is 4. The molecule has 5 heteroatoms. The molecule has 0 aromatic heterocycles. The average Bonchev–Trinajstić information content (AvgIpc) is 2.47. The molecule has 1 fully saturated rings. The Morgan fingerprint density at radius 3 is 2.21 bits per heavy atom. The van der Waals surface area contributed by atoms with Crippen LogP contribution in [0.1, 0.15) is 24.4 Å². The molecule has 1 aromatic carbocycles. The molecule has 2 rings (SSSR count). The summed E-state index contributed by atoms with van der Waals surface area (Å²) in [4.78, 5) is 0. The second kappa shape index (κ2) is 6.12. The number of nitrogens with two attached hydrogens (primary N) is 1. The van der Waals surface area contributed by atoms with Crippen molar-refractivity contribution in [3.05, 3.63) is 17.7 Å². The summed E-state index contributed by atoms with van der Waals surface area (Å²) in [5.41, 5.74) is 7.23. The van der Waals surface area contributed by atoms with Gasteiger partial charge in [0, 0.05) is 19.3 Å². The van der Waals surface area contributed by atoms with Crippen LogP contribution in [-0.4, -0.2) is 32.5 Å². The number of hydrogen-bond donors (Lipinski definition) is 2. The molecule has 1 saturated heterocycles. The van der Waals surface area contributed by atoms with Gasteiger partial charge in [0.25, 0.3) is 0 Å². The highest BCUT2D eigenvalue weighted by Crippen LogP contribution is 2.40. The minimum atomic E-state index is -0.104. The first-order valence-corrected chi connectivity index (χ1v) is 6.45. The summed E-state index contributed by atoms with van der Waals surface area (Å²) in [7, 11) is 3.02. The summed E-state index contributed by atoms with van der Waals surface area (Å²) < 4.78 is 15.7. The first-order valence-electron chi connectivity index (χ1n) is 6.45. The van der Waals surface area contributed by atoms with Gasteiger partial charge < -0.3 is 25.1 Å². The molecule has 1 aromatic rings. The largest absolute Gasteiger partial charge is 0.502 e. The molecular formula is C14H21NO4. The van der Waals surface area contributed by atoms with E-state index >= 15 is 0 Å². The van der Waals surface area contributed by atoms with Gasteiger partial charge in [-0.2, -0.15) is 0 Å². The van der Waals surface area contributed by atoms with Crippen molar-refractivity contribution in [2.75, 3.05) is 27.4 Å². The Bertz CT molecular complexity index is 404. The average molecular weight is 267 g/mol. The molecule has 1 aliphatic heterocycles. The zero-order valence-corrected chi connectivity index (χ0v) is 11.4. The number of aromatic hydroxyl groups is 1. The maximum absolute atomic E-state index is 9.89. The molecular weight excluding hydrogens is 246 g/mol. The molecule has 3 N–H and O–H groups in total. The van der Waals surface area contributed by atoms with E-state index in [0.29, 0.717) is 17.4 Å². The fourth-order valence-corrected chi connectivity index (χ4v) is 2.45. The Balaban J connectivity index is 2.27. The van der Waals surface area contributed by atoms with E-state index in [0.717, 1.165) is 31.6 Å². The summed E-state index contributed by atoms with van der Waals surface area (Å²) in [6.45, 7) is 1.51. The number of ether oxygens (including phenoxy) is 3. The van der Waals surface area contributed by atoms with Crippen molar-refractivity contribution < 1.29 is 19.3 Å². The van der Waals surface area contributed by atoms with Crippen molar-refractivity contribution in [2.45, 2.75) is 18.9 Å². The van der Waals surface area contributed by atoms with Gasteiger partial charge in [0.15, 0.2) is 11.5 Å². The molecule has 5 nitrogen and oxygen atoms in total. The second-order valence-corrected chi connectivity index (χ2v) is 4.75. The summed E-state index contributed by atoms with van der Waals surface area (Å²) >= 11 is 0. The molecule has 0 spiro atoms. The van der Waals surface area contributed by atoms with Crippen LogP contribution >= 0.6 is 0 Å². The van der Waals surface area contributed by atoms with E-state index in [1.165, 1.54) is 14.2 Å². The van der Waals surface area contributed by atoms with Gasteiger partial charge >= 0.3 is 0 Å². The van der Waals surface area contributed by atoms with Crippen LogP contribution in [0.4, 0.5) is 0 Å². The lowest BCUT2D eigenvalue weighted by Crippen LogP contribution is -2.27. The van der Waals surface area contributed by atoms with E-state index < -0.39 is 0 Å². The molecule has 0 bridgehead atoms. The van der Waals surface area contributed by atoms with Crippen molar-refractivity contribution in [3.63, 3.8) is 0 Å². The normalized spacial score (nSPS) is 18.1. The summed E-state index contributed by atoms with van der Waals surface area (Å²) in [5, 5.41) is 9.89. The van der Waals surface area contributed by atoms with Crippen molar-refractivity contribution in [2.24, 2.45) is 11.7 Å². The van der Waals surface area contributed by atoms with Crippen molar-refractivity contribution in [1.82, 2.24) is 0 Å². The van der Waals surface area contributed by atoms with Crippen LogP contribution in [0.25, 0.3) is 0 Å². The third-order valence-electron chi connectivity index (χ3n) is 3.66. The van der Waals surface area contributed by atoms with Crippen LogP contribution in [0.5, 0.6) is 17.2 Å². The first-order chi connectivity index (χ1) is 9.17. The van der Waals surface area contributed by atoms with Gasteiger partial charge in [-0.15, -0.1) is 0 Å². The standard InChI is InChI=1S/C14H21NO4/c1-17-11-7-10(8-12(18-2)14(11)16)13(15)9-3-5-19-6-4-9/h7-9,13,16H,3-6,15H2,1-2H3/t13-/m0/s1. The van der Waals surface area contributed by atoms with Crippen LogP contribution < -0.4 is 15.2 Å². The number of hydrogen-bond acceptors (Lipinski definition) is 5. The predicted octanol–water partition coefficient (Wildman–Crippen LogP) is 1.84. The molecule has 19 heavy (non-hydrogen) atoms. The highest BCUT2D eigenvalue weighted by atomic mass is 16.5. The summed E-state index contributed by atoms with van der Waals surface area (Å²) in [5.74, 6) is 1.16. The maximum Gasteiger partial charge on any atom is 0.200 e. The zero-order chi connectivity index (χ0) is 13.8. The van der Waals surface area contributed by atoms with Crippen LogP contribution in [0.15, 0.2) is 12.1 Å². The highest BCUT2D eigenvalue weighted by molar-refractivity contribution is 5.53. The van der Waals surface area contributed by atoms with Gasteiger partial charge in [0.05, 0.1) is 14.2 Å². The van der Waals surface area contributed by atoms with E-state index in [-0.39, 0.29) is 11.8 Å². The van der Waals surface area contributed by atoms with Crippen LogP contribution in [-0.2, 0) is 4.74 Å². The van der Waals surface area contributed by atoms with Crippen molar-refractivity contribution >= 4 is 0 Å². The van der Waals surface area contributed by atoms with Crippen LogP contribution in [0.3, 0.4) is 0 Å².